The van der Waals surface area contributed by atoms with E-state index in [2.05, 4.69) is 15.8 Å². The molecule has 0 radical (unpaired) electrons. The number of anilines is 1. The molecule has 1 aliphatic heterocycles. The molecule has 1 saturated heterocycles. The van der Waals surface area contributed by atoms with Crippen LogP contribution in [-0.4, -0.2) is 57.0 Å². The van der Waals surface area contributed by atoms with Crippen LogP contribution in [-0.2, 0) is 14.9 Å². The van der Waals surface area contributed by atoms with E-state index in [1.807, 2.05) is 20.9 Å². The standard InChI is InChI=1S/C17H31N3O5S/c1-16(2,11-18-5)13-10-14(25-20-13)19-15(21)17(3,4)26(22,23)12-6-8-24-9-7-12/h10,12,18,22-23H,6-9,11H2,1-5H3,(H,19,21). The van der Waals surface area contributed by atoms with Gasteiger partial charge in [-0.1, -0.05) is 19.0 Å². The molecule has 9 heteroatoms. The average molecular weight is 390 g/mol. The normalized spacial score (nSPS) is 18.0. The Bertz CT molecular complexity index is 624. The Morgan fingerprint density at radius 1 is 1.31 bits per heavy atom. The fraction of sp³-hybridized carbons (Fsp3) is 0.765. The van der Waals surface area contributed by atoms with Crippen molar-refractivity contribution in [3.05, 3.63) is 11.8 Å². The molecule has 2 rings (SSSR count). The molecule has 0 spiro atoms. The van der Waals surface area contributed by atoms with Crippen LogP contribution in [0.4, 0.5) is 5.88 Å². The predicted molar refractivity (Wildman–Crippen MR) is 103 cm³/mol. The minimum Gasteiger partial charge on any atom is -0.381 e. The minimum absolute atomic E-state index is 0.199. The third kappa shape index (κ3) is 4.23. The Morgan fingerprint density at radius 3 is 2.50 bits per heavy atom. The molecule has 4 N–H and O–H groups in total. The molecule has 0 atom stereocenters. The van der Waals surface area contributed by atoms with Gasteiger partial charge in [-0.3, -0.25) is 19.2 Å². The Hall–Kier alpha value is -1.13. The average Bonchev–Trinajstić information content (AvgIpc) is 3.05. The van der Waals surface area contributed by atoms with Crippen molar-refractivity contribution < 1.29 is 23.2 Å². The predicted octanol–water partition coefficient (Wildman–Crippen LogP) is 2.82. The smallest absolute Gasteiger partial charge is 0.251 e. The molecule has 26 heavy (non-hydrogen) atoms. The molecule has 150 valence electrons. The first-order valence-corrected chi connectivity index (χ1v) is 10.4. The SMILES string of the molecule is CNCC(C)(C)c1cc(NC(=O)C(C)(C)S(O)(O)C2CCOCC2)on1. The second-order valence-electron chi connectivity index (χ2n) is 7.86. The zero-order chi connectivity index (χ0) is 19.6. The number of ether oxygens (including phenoxy) is 1. The Labute approximate surface area is 156 Å². The fourth-order valence-electron chi connectivity index (χ4n) is 3.01. The van der Waals surface area contributed by atoms with Crippen LogP contribution in [0, 0.1) is 0 Å². The van der Waals surface area contributed by atoms with E-state index in [9.17, 15) is 13.9 Å². The van der Waals surface area contributed by atoms with E-state index >= 15 is 0 Å². The van der Waals surface area contributed by atoms with E-state index in [-0.39, 0.29) is 16.5 Å². The summed E-state index contributed by atoms with van der Waals surface area (Å²) >= 11 is 0. The molecule has 0 saturated carbocycles. The Balaban J connectivity index is 2.11. The molecule has 0 aliphatic carbocycles. The lowest BCUT2D eigenvalue weighted by Crippen LogP contribution is -2.46. The summed E-state index contributed by atoms with van der Waals surface area (Å²) in [5.41, 5.74) is 0.443. The van der Waals surface area contributed by atoms with Crippen molar-refractivity contribution in [2.45, 2.75) is 55.9 Å². The summed E-state index contributed by atoms with van der Waals surface area (Å²) in [5, 5.41) is 9.42. The van der Waals surface area contributed by atoms with Gasteiger partial charge < -0.3 is 14.6 Å². The summed E-state index contributed by atoms with van der Waals surface area (Å²) in [6.07, 6.45) is 1.06. The van der Waals surface area contributed by atoms with E-state index in [0.29, 0.717) is 38.3 Å². The monoisotopic (exact) mass is 389 g/mol. The minimum atomic E-state index is -3.18. The number of hydrogen-bond acceptors (Lipinski definition) is 7. The van der Waals surface area contributed by atoms with Crippen LogP contribution in [0.25, 0.3) is 0 Å². The van der Waals surface area contributed by atoms with E-state index < -0.39 is 21.2 Å². The highest BCUT2D eigenvalue weighted by Gasteiger charge is 2.46. The van der Waals surface area contributed by atoms with Gasteiger partial charge in [-0.15, -0.1) is 0 Å². The van der Waals surface area contributed by atoms with Gasteiger partial charge in [-0.05, 0) is 33.7 Å². The van der Waals surface area contributed by atoms with Crippen molar-refractivity contribution in [3.63, 3.8) is 0 Å². The van der Waals surface area contributed by atoms with Gasteiger partial charge in [0.15, 0.2) is 0 Å². The maximum Gasteiger partial charge on any atom is 0.251 e. The molecule has 1 aromatic rings. The molecule has 8 nitrogen and oxygen atoms in total. The quantitative estimate of drug-likeness (QED) is 0.566. The van der Waals surface area contributed by atoms with Crippen LogP contribution in [0.3, 0.4) is 0 Å². The van der Waals surface area contributed by atoms with Crippen molar-refractivity contribution in [3.8, 4) is 0 Å². The molecule has 0 unspecified atom stereocenters. The van der Waals surface area contributed by atoms with Crippen LogP contribution in [0.1, 0.15) is 46.2 Å². The van der Waals surface area contributed by atoms with E-state index in [0.717, 1.165) is 0 Å². The summed E-state index contributed by atoms with van der Waals surface area (Å²) in [5.74, 6) is -0.303. The number of rotatable bonds is 7. The van der Waals surface area contributed by atoms with E-state index in [1.54, 1.807) is 19.9 Å². The third-order valence-corrected chi connectivity index (χ3v) is 8.08. The number of nitrogens with one attached hydrogen (secondary N) is 2. The number of nitrogens with zero attached hydrogens (tertiary/aromatic N) is 1. The molecule has 0 aromatic carbocycles. The van der Waals surface area contributed by atoms with Gasteiger partial charge in [0, 0.05) is 31.2 Å². The molecule has 2 heterocycles. The summed E-state index contributed by atoms with van der Waals surface area (Å²) in [6.45, 7) is 8.78. The summed E-state index contributed by atoms with van der Waals surface area (Å²) < 4.78 is 30.7. The second kappa shape index (κ2) is 7.85. The van der Waals surface area contributed by atoms with Gasteiger partial charge in [0.1, 0.15) is 4.75 Å². The second-order valence-corrected chi connectivity index (χ2v) is 10.7. The lowest BCUT2D eigenvalue weighted by molar-refractivity contribution is -0.118. The zero-order valence-electron chi connectivity index (χ0n) is 16.2. The maximum absolute atomic E-state index is 12.8. The van der Waals surface area contributed by atoms with Crippen LogP contribution < -0.4 is 10.6 Å². The van der Waals surface area contributed by atoms with Crippen molar-refractivity contribution in [1.29, 1.82) is 0 Å². The topological polar surface area (TPSA) is 117 Å². The van der Waals surface area contributed by atoms with Gasteiger partial charge >= 0.3 is 0 Å². The van der Waals surface area contributed by atoms with Crippen molar-refractivity contribution in [2.75, 3.05) is 32.1 Å². The maximum atomic E-state index is 12.8. The molecular formula is C17H31N3O5S. The molecule has 1 fully saturated rings. The Morgan fingerprint density at radius 2 is 1.92 bits per heavy atom. The lowest BCUT2D eigenvalue weighted by Gasteiger charge is -2.51. The van der Waals surface area contributed by atoms with E-state index in [4.69, 9.17) is 9.26 Å². The summed E-state index contributed by atoms with van der Waals surface area (Å²) in [4.78, 5) is 12.8. The highest BCUT2D eigenvalue weighted by atomic mass is 32.3. The fourth-order valence-corrected chi connectivity index (χ4v) is 5.01. The molecular weight excluding hydrogens is 358 g/mol. The van der Waals surface area contributed by atoms with Gasteiger partial charge in [0.25, 0.3) is 5.91 Å². The molecule has 0 bridgehead atoms. The van der Waals surface area contributed by atoms with Crippen molar-refractivity contribution in [2.24, 2.45) is 0 Å². The summed E-state index contributed by atoms with van der Waals surface area (Å²) in [7, 11) is -1.32. The van der Waals surface area contributed by atoms with Gasteiger partial charge in [-0.25, -0.2) is 0 Å². The molecule has 1 aromatic heterocycles. The summed E-state index contributed by atoms with van der Waals surface area (Å²) in [6, 6.07) is 1.67. The number of hydrogen-bond donors (Lipinski definition) is 4. The van der Waals surface area contributed by atoms with Gasteiger partial charge in [-0.2, -0.15) is 10.6 Å². The lowest BCUT2D eigenvalue weighted by atomic mass is 9.89. The zero-order valence-corrected chi connectivity index (χ0v) is 17.0. The first-order valence-electron chi connectivity index (χ1n) is 8.80. The number of aromatic nitrogens is 1. The number of likely N-dealkylation sites (N-methyl/N-ethyl adjacent to an activating group) is 1. The van der Waals surface area contributed by atoms with Crippen LogP contribution >= 0.6 is 10.6 Å². The molecule has 1 amide bonds. The number of carbonyl (C=O) groups is 1. The third-order valence-electron chi connectivity index (χ3n) is 4.99. The number of carbonyl (C=O) groups excluding carboxylic acids is 1. The molecule has 1 aliphatic rings. The van der Waals surface area contributed by atoms with E-state index in [1.165, 1.54) is 0 Å². The van der Waals surface area contributed by atoms with Crippen LogP contribution in [0.5, 0.6) is 0 Å². The highest BCUT2D eigenvalue weighted by molar-refractivity contribution is 8.26. The van der Waals surface area contributed by atoms with Crippen LogP contribution in [0.2, 0.25) is 0 Å². The van der Waals surface area contributed by atoms with Gasteiger partial charge in [0.2, 0.25) is 5.88 Å². The highest BCUT2D eigenvalue weighted by Crippen LogP contribution is 2.58. The van der Waals surface area contributed by atoms with Gasteiger partial charge in [0.05, 0.1) is 10.9 Å². The van der Waals surface area contributed by atoms with Crippen molar-refractivity contribution >= 4 is 22.4 Å². The largest absolute Gasteiger partial charge is 0.381 e. The Kier molecular flexibility index (Phi) is 6.40. The first kappa shape index (κ1) is 21.2. The first-order chi connectivity index (χ1) is 12.0. The van der Waals surface area contributed by atoms with Crippen LogP contribution in [0.15, 0.2) is 10.6 Å². The number of amides is 1. The van der Waals surface area contributed by atoms with Crippen molar-refractivity contribution in [1.82, 2.24) is 10.5 Å².